The van der Waals surface area contributed by atoms with E-state index in [2.05, 4.69) is 24.3 Å². The highest BCUT2D eigenvalue weighted by Crippen LogP contribution is 2.18. The van der Waals surface area contributed by atoms with Gasteiger partial charge in [0.2, 0.25) is 0 Å². The molecule has 0 amide bonds. The lowest BCUT2D eigenvalue weighted by atomic mass is 10.2. The normalized spacial score (nSPS) is 11.0. The van der Waals surface area contributed by atoms with Crippen molar-refractivity contribution in [3.63, 3.8) is 0 Å². The highest BCUT2D eigenvalue weighted by molar-refractivity contribution is 5.39. The minimum absolute atomic E-state index is 0.132. The summed E-state index contributed by atoms with van der Waals surface area (Å²) in [5.74, 6) is 0.604. The fraction of sp³-hybridized carbons (Fsp3) is 0.400. The fourth-order valence-corrected chi connectivity index (χ4v) is 2.09. The molecule has 1 aromatic heterocycles. The molecular weight excluding hydrogens is 268 g/mol. The Morgan fingerprint density at radius 2 is 2.14 bits per heavy atom. The summed E-state index contributed by atoms with van der Waals surface area (Å²) in [6, 6.07) is 6.75. The van der Waals surface area contributed by atoms with E-state index in [1.54, 1.807) is 29.1 Å². The second-order valence-electron chi connectivity index (χ2n) is 5.46. The third-order valence-electron chi connectivity index (χ3n) is 3.09. The molecule has 2 aromatic rings. The molecular formula is C15H20N4O2. The van der Waals surface area contributed by atoms with Gasteiger partial charge in [-0.2, -0.15) is 5.10 Å². The predicted molar refractivity (Wildman–Crippen MR) is 81.0 cm³/mol. The van der Waals surface area contributed by atoms with E-state index in [1.165, 1.54) is 6.07 Å². The van der Waals surface area contributed by atoms with Crippen molar-refractivity contribution in [1.29, 1.82) is 0 Å². The Labute approximate surface area is 123 Å². The van der Waals surface area contributed by atoms with Crippen LogP contribution in [0.25, 0.3) is 0 Å². The molecule has 0 aliphatic rings. The number of nitrogens with one attached hydrogen (secondary N) is 1. The van der Waals surface area contributed by atoms with Gasteiger partial charge in [0, 0.05) is 24.4 Å². The third-order valence-corrected chi connectivity index (χ3v) is 3.09. The lowest BCUT2D eigenvalue weighted by Gasteiger charge is -2.05. The molecule has 2 rings (SSSR count). The SMILES string of the molecule is CC(C)CNCc1cnn(Cc2ccccc2[N+](=O)[O-])c1. The smallest absolute Gasteiger partial charge is 0.274 e. The summed E-state index contributed by atoms with van der Waals surface area (Å²) in [6.07, 6.45) is 3.71. The summed E-state index contributed by atoms with van der Waals surface area (Å²) in [4.78, 5) is 10.6. The second kappa shape index (κ2) is 6.99. The van der Waals surface area contributed by atoms with Crippen molar-refractivity contribution < 1.29 is 4.92 Å². The van der Waals surface area contributed by atoms with Gasteiger partial charge in [-0.25, -0.2) is 0 Å². The lowest BCUT2D eigenvalue weighted by molar-refractivity contribution is -0.385. The van der Waals surface area contributed by atoms with E-state index < -0.39 is 0 Å². The minimum atomic E-state index is -0.357. The van der Waals surface area contributed by atoms with Crippen molar-refractivity contribution in [2.75, 3.05) is 6.54 Å². The number of rotatable bonds is 7. The lowest BCUT2D eigenvalue weighted by Crippen LogP contribution is -2.18. The van der Waals surface area contributed by atoms with Crippen molar-refractivity contribution in [1.82, 2.24) is 15.1 Å². The molecule has 0 fully saturated rings. The quantitative estimate of drug-likeness (QED) is 0.628. The van der Waals surface area contributed by atoms with Crippen molar-refractivity contribution in [3.05, 3.63) is 57.9 Å². The molecule has 0 aliphatic heterocycles. The van der Waals surface area contributed by atoms with E-state index in [4.69, 9.17) is 0 Å². The van der Waals surface area contributed by atoms with Gasteiger partial charge < -0.3 is 5.32 Å². The predicted octanol–water partition coefficient (Wildman–Crippen LogP) is 2.59. The maximum Gasteiger partial charge on any atom is 0.274 e. The van der Waals surface area contributed by atoms with Gasteiger partial charge in [0.25, 0.3) is 5.69 Å². The second-order valence-corrected chi connectivity index (χ2v) is 5.46. The Morgan fingerprint density at radius 1 is 1.38 bits per heavy atom. The summed E-state index contributed by atoms with van der Waals surface area (Å²) >= 11 is 0. The van der Waals surface area contributed by atoms with Crippen molar-refractivity contribution in [2.24, 2.45) is 5.92 Å². The molecule has 112 valence electrons. The molecule has 6 nitrogen and oxygen atoms in total. The summed E-state index contributed by atoms with van der Waals surface area (Å²) in [5, 5.41) is 18.6. The molecule has 0 saturated carbocycles. The molecule has 0 bridgehead atoms. The van der Waals surface area contributed by atoms with Crippen LogP contribution in [0.3, 0.4) is 0 Å². The average molecular weight is 288 g/mol. The minimum Gasteiger partial charge on any atom is -0.312 e. The van der Waals surface area contributed by atoms with E-state index in [0.717, 1.165) is 18.7 Å². The van der Waals surface area contributed by atoms with Crippen LogP contribution in [0.2, 0.25) is 0 Å². The summed E-state index contributed by atoms with van der Waals surface area (Å²) < 4.78 is 1.73. The van der Waals surface area contributed by atoms with Gasteiger partial charge in [-0.15, -0.1) is 0 Å². The van der Waals surface area contributed by atoms with Crippen LogP contribution < -0.4 is 5.32 Å². The van der Waals surface area contributed by atoms with E-state index in [1.807, 2.05) is 6.20 Å². The molecule has 0 atom stereocenters. The number of hydrogen-bond acceptors (Lipinski definition) is 4. The molecule has 1 N–H and O–H groups in total. The van der Waals surface area contributed by atoms with Crippen LogP contribution in [0, 0.1) is 16.0 Å². The van der Waals surface area contributed by atoms with Crippen LogP contribution in [0.5, 0.6) is 0 Å². The molecule has 6 heteroatoms. The average Bonchev–Trinajstić information content (AvgIpc) is 2.86. The van der Waals surface area contributed by atoms with Crippen molar-refractivity contribution >= 4 is 5.69 Å². The van der Waals surface area contributed by atoms with E-state index in [9.17, 15) is 10.1 Å². The van der Waals surface area contributed by atoms with E-state index in [-0.39, 0.29) is 10.6 Å². The largest absolute Gasteiger partial charge is 0.312 e. The van der Waals surface area contributed by atoms with Crippen molar-refractivity contribution in [2.45, 2.75) is 26.9 Å². The number of para-hydroxylation sites is 1. The molecule has 1 heterocycles. The topological polar surface area (TPSA) is 73.0 Å². The summed E-state index contributed by atoms with van der Waals surface area (Å²) in [6.45, 7) is 6.43. The Morgan fingerprint density at radius 3 is 2.86 bits per heavy atom. The van der Waals surface area contributed by atoms with Gasteiger partial charge in [-0.05, 0) is 12.5 Å². The van der Waals surface area contributed by atoms with Gasteiger partial charge in [-0.3, -0.25) is 14.8 Å². The Balaban J connectivity index is 2.01. The number of aromatic nitrogens is 2. The number of hydrogen-bond donors (Lipinski definition) is 1. The molecule has 0 aliphatic carbocycles. The van der Waals surface area contributed by atoms with Crippen LogP contribution in [0.1, 0.15) is 25.0 Å². The molecule has 21 heavy (non-hydrogen) atoms. The standard InChI is InChI=1S/C15H20N4O2/c1-12(2)7-16-8-13-9-17-18(10-13)11-14-5-3-4-6-15(14)19(20)21/h3-6,9-10,12,16H,7-8,11H2,1-2H3. The Kier molecular flexibility index (Phi) is 5.05. The van der Waals surface area contributed by atoms with Crippen LogP contribution in [-0.2, 0) is 13.1 Å². The maximum absolute atomic E-state index is 11.0. The fourth-order valence-electron chi connectivity index (χ4n) is 2.09. The highest BCUT2D eigenvalue weighted by Gasteiger charge is 2.12. The van der Waals surface area contributed by atoms with Crippen LogP contribution in [0.15, 0.2) is 36.7 Å². The van der Waals surface area contributed by atoms with Gasteiger partial charge in [-0.1, -0.05) is 32.0 Å². The van der Waals surface area contributed by atoms with Gasteiger partial charge >= 0.3 is 0 Å². The van der Waals surface area contributed by atoms with E-state index in [0.29, 0.717) is 18.0 Å². The monoisotopic (exact) mass is 288 g/mol. The van der Waals surface area contributed by atoms with Crippen LogP contribution >= 0.6 is 0 Å². The first kappa shape index (κ1) is 15.2. The Bertz CT molecular complexity index is 607. The zero-order chi connectivity index (χ0) is 15.2. The van der Waals surface area contributed by atoms with E-state index >= 15 is 0 Å². The van der Waals surface area contributed by atoms with Crippen LogP contribution in [0.4, 0.5) is 5.69 Å². The molecule has 0 radical (unpaired) electrons. The number of benzene rings is 1. The first-order valence-electron chi connectivity index (χ1n) is 7.00. The number of nitro benzene ring substituents is 1. The number of nitrogens with zero attached hydrogens (tertiary/aromatic N) is 3. The van der Waals surface area contributed by atoms with Crippen molar-refractivity contribution in [3.8, 4) is 0 Å². The zero-order valence-corrected chi connectivity index (χ0v) is 12.3. The molecule has 0 unspecified atom stereocenters. The van der Waals surface area contributed by atoms with Gasteiger partial charge in [0.1, 0.15) is 0 Å². The molecule has 0 saturated heterocycles. The molecule has 0 spiro atoms. The summed E-state index contributed by atoms with van der Waals surface area (Å²) in [5.41, 5.74) is 1.87. The van der Waals surface area contributed by atoms with Gasteiger partial charge in [0.15, 0.2) is 0 Å². The number of nitro groups is 1. The zero-order valence-electron chi connectivity index (χ0n) is 12.3. The summed E-state index contributed by atoms with van der Waals surface area (Å²) in [7, 11) is 0. The molecule has 1 aromatic carbocycles. The first-order chi connectivity index (χ1) is 10.1. The third kappa shape index (κ3) is 4.39. The van der Waals surface area contributed by atoms with Gasteiger partial charge in [0.05, 0.1) is 23.2 Å². The van der Waals surface area contributed by atoms with Crippen LogP contribution in [-0.4, -0.2) is 21.2 Å². The maximum atomic E-state index is 11.0. The first-order valence-corrected chi connectivity index (χ1v) is 7.00. The Hall–Kier alpha value is -2.21. The highest BCUT2D eigenvalue weighted by atomic mass is 16.6.